The first-order valence-corrected chi connectivity index (χ1v) is 7.76. The minimum absolute atomic E-state index is 0.123. The van der Waals surface area contributed by atoms with Crippen LogP contribution in [-0.2, 0) is 20.7 Å². The van der Waals surface area contributed by atoms with Gasteiger partial charge in [0, 0.05) is 16.0 Å². The lowest BCUT2D eigenvalue weighted by molar-refractivity contribution is -0.144. The van der Waals surface area contributed by atoms with E-state index in [2.05, 4.69) is 11.9 Å². The van der Waals surface area contributed by atoms with Crippen molar-refractivity contribution in [1.29, 1.82) is 0 Å². The lowest BCUT2D eigenvalue weighted by atomic mass is 10.00. The minimum Gasteiger partial charge on any atom is -0.480 e. The van der Waals surface area contributed by atoms with Crippen molar-refractivity contribution < 1.29 is 19.4 Å². The Balaban J connectivity index is 2.63. The highest BCUT2D eigenvalue weighted by molar-refractivity contribution is 6.35. The molecule has 0 saturated heterocycles. The van der Waals surface area contributed by atoms with Crippen LogP contribution >= 0.6 is 23.2 Å². The molecular formula is C16H19Cl2NO4. The van der Waals surface area contributed by atoms with Crippen LogP contribution < -0.4 is 5.32 Å². The molecule has 0 radical (unpaired) electrons. The number of ether oxygens (including phenoxy) is 1. The van der Waals surface area contributed by atoms with E-state index in [4.69, 9.17) is 33.0 Å². The lowest BCUT2D eigenvalue weighted by Gasteiger charge is -2.18. The van der Waals surface area contributed by atoms with E-state index in [-0.39, 0.29) is 19.1 Å². The summed E-state index contributed by atoms with van der Waals surface area (Å²) in [5.74, 6) is -1.99. The fourth-order valence-corrected chi connectivity index (χ4v) is 2.35. The number of benzene rings is 1. The molecule has 1 aromatic carbocycles. The van der Waals surface area contributed by atoms with Crippen molar-refractivity contribution in [2.24, 2.45) is 5.92 Å². The summed E-state index contributed by atoms with van der Waals surface area (Å²) in [4.78, 5) is 23.3. The van der Waals surface area contributed by atoms with Crippen LogP contribution in [0.15, 0.2) is 30.9 Å². The summed E-state index contributed by atoms with van der Waals surface area (Å²) in [5, 5.41) is 12.6. The summed E-state index contributed by atoms with van der Waals surface area (Å²) in [5.41, 5.74) is 0.772. The standard InChI is InChI=1S/C16H19Cl2NO4/c1-3-6-23-9-14(16(21)22)19-15(20)10(2)7-11-4-5-12(17)8-13(11)18/h3-5,8,10,14H,1,6-7,9H2,2H3,(H,19,20)(H,21,22). The normalized spacial score (nSPS) is 13.2. The molecule has 1 amide bonds. The molecule has 5 nitrogen and oxygen atoms in total. The van der Waals surface area contributed by atoms with Crippen LogP contribution in [-0.4, -0.2) is 36.2 Å². The molecule has 0 spiro atoms. The van der Waals surface area contributed by atoms with Gasteiger partial charge in [-0.05, 0) is 24.1 Å². The molecule has 1 aromatic rings. The summed E-state index contributed by atoms with van der Waals surface area (Å²) in [6, 6.07) is 3.93. The van der Waals surface area contributed by atoms with E-state index in [1.54, 1.807) is 25.1 Å². The van der Waals surface area contributed by atoms with Crippen LogP contribution in [0.2, 0.25) is 10.0 Å². The molecule has 0 aliphatic carbocycles. The predicted molar refractivity (Wildman–Crippen MR) is 89.9 cm³/mol. The van der Waals surface area contributed by atoms with Crippen LogP contribution in [0.5, 0.6) is 0 Å². The van der Waals surface area contributed by atoms with Gasteiger partial charge in [0.1, 0.15) is 0 Å². The highest BCUT2D eigenvalue weighted by Gasteiger charge is 2.23. The predicted octanol–water partition coefficient (Wildman–Crippen LogP) is 2.94. The summed E-state index contributed by atoms with van der Waals surface area (Å²) in [6.07, 6.45) is 1.88. The zero-order chi connectivity index (χ0) is 17.4. The van der Waals surface area contributed by atoms with Crippen molar-refractivity contribution in [3.63, 3.8) is 0 Å². The fraction of sp³-hybridized carbons (Fsp3) is 0.375. The number of carboxylic acid groups (broad SMARTS) is 1. The average molecular weight is 360 g/mol. The number of halogens is 2. The molecule has 2 N–H and O–H groups in total. The molecule has 0 saturated carbocycles. The van der Waals surface area contributed by atoms with E-state index in [1.165, 1.54) is 6.08 Å². The Kier molecular flexibility index (Phi) is 8.09. The van der Waals surface area contributed by atoms with Crippen molar-refractivity contribution in [1.82, 2.24) is 5.32 Å². The first kappa shape index (κ1) is 19.5. The second kappa shape index (κ2) is 9.55. The molecule has 126 valence electrons. The molecule has 0 fully saturated rings. The second-order valence-electron chi connectivity index (χ2n) is 5.07. The van der Waals surface area contributed by atoms with Crippen molar-refractivity contribution in [2.75, 3.05) is 13.2 Å². The summed E-state index contributed by atoms with van der Waals surface area (Å²) in [6.45, 7) is 5.26. The van der Waals surface area contributed by atoms with Crippen LogP contribution in [0, 0.1) is 5.92 Å². The molecule has 0 aliphatic heterocycles. The number of aliphatic carboxylic acids is 1. The van der Waals surface area contributed by atoms with Crippen LogP contribution in [0.25, 0.3) is 0 Å². The Morgan fingerprint density at radius 1 is 1.43 bits per heavy atom. The fourth-order valence-electron chi connectivity index (χ4n) is 1.87. The van der Waals surface area contributed by atoms with Gasteiger partial charge in [-0.2, -0.15) is 0 Å². The lowest BCUT2D eigenvalue weighted by Crippen LogP contribution is -2.46. The van der Waals surface area contributed by atoms with Gasteiger partial charge in [0.15, 0.2) is 6.04 Å². The van der Waals surface area contributed by atoms with Crippen molar-refractivity contribution in [2.45, 2.75) is 19.4 Å². The molecular weight excluding hydrogens is 341 g/mol. The first-order valence-electron chi connectivity index (χ1n) is 7.01. The molecule has 0 aromatic heterocycles. The molecule has 23 heavy (non-hydrogen) atoms. The van der Waals surface area contributed by atoms with Gasteiger partial charge in [-0.25, -0.2) is 4.79 Å². The van der Waals surface area contributed by atoms with Gasteiger partial charge in [-0.1, -0.05) is 42.3 Å². The maximum atomic E-state index is 12.2. The van der Waals surface area contributed by atoms with E-state index in [0.717, 1.165) is 5.56 Å². The van der Waals surface area contributed by atoms with Crippen LogP contribution in [0.4, 0.5) is 0 Å². The SMILES string of the molecule is C=CCOCC(NC(=O)C(C)Cc1ccc(Cl)cc1Cl)C(=O)O. The number of hydrogen-bond donors (Lipinski definition) is 2. The molecule has 1 rings (SSSR count). The van der Waals surface area contributed by atoms with Gasteiger partial charge in [0.05, 0.1) is 13.2 Å². The number of nitrogens with one attached hydrogen (secondary N) is 1. The van der Waals surface area contributed by atoms with Crippen LogP contribution in [0.1, 0.15) is 12.5 Å². The summed E-state index contributed by atoms with van der Waals surface area (Å²) in [7, 11) is 0. The quantitative estimate of drug-likeness (QED) is 0.525. The monoisotopic (exact) mass is 359 g/mol. The maximum absolute atomic E-state index is 12.2. The van der Waals surface area contributed by atoms with Crippen molar-refractivity contribution in [3.05, 3.63) is 46.5 Å². The average Bonchev–Trinajstić information content (AvgIpc) is 2.48. The molecule has 0 heterocycles. The Labute approximate surface area is 145 Å². The van der Waals surface area contributed by atoms with Gasteiger partial charge in [0.2, 0.25) is 5.91 Å². The van der Waals surface area contributed by atoms with Gasteiger partial charge >= 0.3 is 5.97 Å². The first-order chi connectivity index (χ1) is 10.8. The minimum atomic E-state index is -1.15. The van der Waals surface area contributed by atoms with E-state index >= 15 is 0 Å². The zero-order valence-corrected chi connectivity index (χ0v) is 14.2. The zero-order valence-electron chi connectivity index (χ0n) is 12.7. The number of rotatable bonds is 9. The second-order valence-corrected chi connectivity index (χ2v) is 5.91. The Morgan fingerprint density at radius 3 is 2.70 bits per heavy atom. The molecule has 7 heteroatoms. The highest BCUT2D eigenvalue weighted by Crippen LogP contribution is 2.23. The number of hydrogen-bond acceptors (Lipinski definition) is 3. The Hall–Kier alpha value is -1.56. The van der Waals surface area contributed by atoms with Gasteiger partial charge in [0.25, 0.3) is 0 Å². The third kappa shape index (κ3) is 6.60. The Bertz CT molecular complexity index is 577. The number of carboxylic acids is 1. The van der Waals surface area contributed by atoms with E-state index in [1.807, 2.05) is 0 Å². The summed E-state index contributed by atoms with van der Waals surface area (Å²) >= 11 is 11.9. The Morgan fingerprint density at radius 2 is 2.13 bits per heavy atom. The number of amides is 1. The smallest absolute Gasteiger partial charge is 0.328 e. The van der Waals surface area contributed by atoms with Crippen molar-refractivity contribution >= 4 is 35.1 Å². The van der Waals surface area contributed by atoms with Gasteiger partial charge < -0.3 is 15.2 Å². The van der Waals surface area contributed by atoms with Gasteiger partial charge in [-0.15, -0.1) is 6.58 Å². The van der Waals surface area contributed by atoms with E-state index in [9.17, 15) is 9.59 Å². The number of carbonyl (C=O) groups is 2. The molecule has 0 bridgehead atoms. The topological polar surface area (TPSA) is 75.6 Å². The highest BCUT2D eigenvalue weighted by atomic mass is 35.5. The number of carbonyl (C=O) groups excluding carboxylic acids is 1. The van der Waals surface area contributed by atoms with E-state index in [0.29, 0.717) is 16.5 Å². The van der Waals surface area contributed by atoms with Crippen molar-refractivity contribution in [3.8, 4) is 0 Å². The molecule has 2 atom stereocenters. The molecule has 2 unspecified atom stereocenters. The van der Waals surface area contributed by atoms with Crippen LogP contribution in [0.3, 0.4) is 0 Å². The largest absolute Gasteiger partial charge is 0.480 e. The van der Waals surface area contributed by atoms with Gasteiger partial charge in [-0.3, -0.25) is 4.79 Å². The third-order valence-corrected chi connectivity index (χ3v) is 3.71. The summed E-state index contributed by atoms with van der Waals surface area (Å²) < 4.78 is 5.09. The van der Waals surface area contributed by atoms with E-state index < -0.39 is 17.9 Å². The third-order valence-electron chi connectivity index (χ3n) is 3.12. The molecule has 0 aliphatic rings. The maximum Gasteiger partial charge on any atom is 0.328 e.